The average Bonchev–Trinajstić information content (AvgIpc) is 3.61. The van der Waals surface area contributed by atoms with Gasteiger partial charge in [0.25, 0.3) is 5.91 Å². The first-order chi connectivity index (χ1) is 21.5. The van der Waals surface area contributed by atoms with Crippen LogP contribution in [0.2, 0.25) is 0 Å². The normalized spacial score (nSPS) is 21.8. The first kappa shape index (κ1) is 34.1. The number of carbonyl (C=O) groups is 3. The molecule has 4 atom stereocenters. The second-order valence-electron chi connectivity index (χ2n) is 12.8. The molecule has 2 aliphatic rings. The van der Waals surface area contributed by atoms with Gasteiger partial charge in [0.1, 0.15) is 18.2 Å². The van der Waals surface area contributed by atoms with Crippen molar-refractivity contribution < 1.29 is 42.3 Å². The molecule has 15 heteroatoms. The summed E-state index contributed by atoms with van der Waals surface area (Å²) in [4.78, 5) is 62.9. The Balaban J connectivity index is 1.35. The lowest BCUT2D eigenvalue weighted by Gasteiger charge is -2.38. The summed E-state index contributed by atoms with van der Waals surface area (Å²) in [5, 5.41) is 2.97. The zero-order valence-electron chi connectivity index (χ0n) is 25.6. The summed E-state index contributed by atoms with van der Waals surface area (Å²) >= 11 is 0.983. The first-order valence-corrected chi connectivity index (χ1v) is 17.2. The molecule has 5 rings (SSSR count). The number of fused-ring (bicyclic) bond motifs is 1. The molecule has 2 aromatic carbocycles. The Bertz CT molecular complexity index is 1680. The highest BCUT2D eigenvalue weighted by atomic mass is 32.1. The number of hydrogen-bond donors (Lipinski definition) is 4. The Kier molecular flexibility index (Phi) is 9.44. The number of benzene rings is 2. The van der Waals surface area contributed by atoms with E-state index in [4.69, 9.17) is 20.3 Å². The van der Waals surface area contributed by atoms with Gasteiger partial charge < -0.3 is 35.4 Å². The predicted octanol–water partition coefficient (Wildman–Crippen LogP) is 3.80. The van der Waals surface area contributed by atoms with Gasteiger partial charge in [-0.05, 0) is 41.0 Å². The molecular weight excluding hydrogens is 641 g/mol. The van der Waals surface area contributed by atoms with Crippen molar-refractivity contribution >= 4 is 46.7 Å². The molecule has 2 aliphatic heterocycles. The standard InChI is InChI=1S/C31H37F2N4O7PS/c1-30(2,3)26(35-27(38)25-14-19-13-20(9-10-24(19)46-25)31(32,33)45(41,42)43)29(40)37-16-21(34)15-22(37)28(39)36-11-12-44-23(17-36)18-7-5-4-6-8-18/h4-10,13-14,21-23,26H,11-12,15-17,34H2,1-3H3,(H,35,38)(H2,41,42,43)/t21-,22-,23-,26?/m0/s1. The van der Waals surface area contributed by atoms with E-state index in [0.29, 0.717) is 24.4 Å². The Hall–Kier alpha value is -3.26. The number of nitrogens with two attached hydrogens (primary N) is 1. The lowest BCUT2D eigenvalue weighted by molar-refractivity contribution is -0.150. The Morgan fingerprint density at radius 1 is 1.09 bits per heavy atom. The molecule has 3 aromatic rings. The number of nitrogens with zero attached hydrogens (tertiary/aromatic N) is 2. The fourth-order valence-electron chi connectivity index (χ4n) is 5.80. The van der Waals surface area contributed by atoms with Crippen LogP contribution < -0.4 is 11.1 Å². The monoisotopic (exact) mass is 678 g/mol. The topological polar surface area (TPSA) is 162 Å². The fraction of sp³-hybridized carbons (Fsp3) is 0.452. The third-order valence-electron chi connectivity index (χ3n) is 8.29. The van der Waals surface area contributed by atoms with Crippen molar-refractivity contribution in [3.63, 3.8) is 0 Å². The molecule has 0 aliphatic carbocycles. The smallest absolute Gasteiger partial charge is 0.370 e. The molecule has 0 bridgehead atoms. The van der Waals surface area contributed by atoms with Gasteiger partial charge in [-0.15, -0.1) is 11.3 Å². The van der Waals surface area contributed by atoms with E-state index in [9.17, 15) is 27.7 Å². The van der Waals surface area contributed by atoms with Crippen molar-refractivity contribution in [2.75, 3.05) is 26.2 Å². The van der Waals surface area contributed by atoms with E-state index in [-0.39, 0.29) is 35.2 Å². The van der Waals surface area contributed by atoms with Gasteiger partial charge in [0.2, 0.25) is 11.8 Å². The number of thiophene rings is 1. The number of carbonyl (C=O) groups excluding carboxylic acids is 3. The van der Waals surface area contributed by atoms with Crippen molar-refractivity contribution in [2.45, 2.75) is 57.1 Å². The highest BCUT2D eigenvalue weighted by Crippen LogP contribution is 2.59. The van der Waals surface area contributed by atoms with Crippen molar-refractivity contribution in [1.29, 1.82) is 0 Å². The zero-order chi connectivity index (χ0) is 33.6. The molecule has 3 amide bonds. The zero-order valence-corrected chi connectivity index (χ0v) is 27.3. The van der Waals surface area contributed by atoms with Crippen LogP contribution in [0, 0.1) is 5.41 Å². The summed E-state index contributed by atoms with van der Waals surface area (Å²) in [5.41, 5.74) is 1.15. The second kappa shape index (κ2) is 12.7. The third-order valence-corrected chi connectivity index (χ3v) is 10.4. The van der Waals surface area contributed by atoms with Crippen molar-refractivity contribution in [1.82, 2.24) is 15.1 Å². The van der Waals surface area contributed by atoms with Gasteiger partial charge in [0.05, 0.1) is 18.0 Å². The molecule has 46 heavy (non-hydrogen) atoms. The molecule has 1 aromatic heterocycles. The molecule has 0 radical (unpaired) electrons. The highest BCUT2D eigenvalue weighted by molar-refractivity contribution is 7.52. The predicted molar refractivity (Wildman–Crippen MR) is 168 cm³/mol. The van der Waals surface area contributed by atoms with Crippen LogP contribution in [-0.4, -0.2) is 81.7 Å². The molecule has 11 nitrogen and oxygen atoms in total. The molecule has 3 heterocycles. The van der Waals surface area contributed by atoms with Crippen molar-refractivity contribution in [2.24, 2.45) is 11.1 Å². The van der Waals surface area contributed by atoms with Crippen LogP contribution in [0.1, 0.15) is 54.1 Å². The Morgan fingerprint density at radius 3 is 2.43 bits per heavy atom. The average molecular weight is 679 g/mol. The van der Waals surface area contributed by atoms with Gasteiger partial charge in [0.15, 0.2) is 0 Å². The minimum atomic E-state index is -5.78. The number of ether oxygens (including phenoxy) is 1. The summed E-state index contributed by atoms with van der Waals surface area (Å²) in [7, 11) is -5.78. The minimum Gasteiger partial charge on any atom is -0.370 e. The van der Waals surface area contributed by atoms with E-state index in [1.807, 2.05) is 30.3 Å². The van der Waals surface area contributed by atoms with Gasteiger partial charge in [0, 0.05) is 29.4 Å². The molecule has 1 unspecified atom stereocenters. The van der Waals surface area contributed by atoms with E-state index in [1.165, 1.54) is 17.0 Å². The lowest BCUT2D eigenvalue weighted by atomic mass is 9.85. The van der Waals surface area contributed by atoms with E-state index in [1.54, 1.807) is 25.7 Å². The van der Waals surface area contributed by atoms with E-state index < -0.39 is 54.2 Å². The van der Waals surface area contributed by atoms with Gasteiger partial charge >= 0.3 is 13.3 Å². The number of morpholine rings is 1. The highest BCUT2D eigenvalue weighted by Gasteiger charge is 2.50. The second-order valence-corrected chi connectivity index (χ2v) is 15.5. The fourth-order valence-corrected chi connectivity index (χ4v) is 7.22. The molecule has 2 fully saturated rings. The minimum absolute atomic E-state index is 0.111. The number of amides is 3. The summed E-state index contributed by atoms with van der Waals surface area (Å²) < 4.78 is 46.3. The number of hydrogen-bond acceptors (Lipinski definition) is 7. The van der Waals surface area contributed by atoms with E-state index in [0.717, 1.165) is 29.0 Å². The van der Waals surface area contributed by atoms with Crippen LogP contribution in [0.4, 0.5) is 8.78 Å². The summed E-state index contributed by atoms with van der Waals surface area (Å²) in [6, 6.07) is 11.7. The SMILES string of the molecule is CC(C)(C)C(NC(=O)c1cc2cc(C(F)(F)P(=O)(O)O)ccc2s1)C(=O)N1C[C@@H](N)C[C@H]1C(=O)N1CCO[C@H](c2ccccc2)C1. The van der Waals surface area contributed by atoms with Gasteiger partial charge in [-0.2, -0.15) is 8.78 Å². The van der Waals surface area contributed by atoms with Crippen LogP contribution in [-0.2, 0) is 24.6 Å². The van der Waals surface area contributed by atoms with Crippen LogP contribution in [0.25, 0.3) is 10.1 Å². The molecule has 5 N–H and O–H groups in total. The summed E-state index contributed by atoms with van der Waals surface area (Å²) in [6.45, 7) is 6.48. The summed E-state index contributed by atoms with van der Waals surface area (Å²) in [6.07, 6.45) is -0.0409. The molecule has 0 spiro atoms. The van der Waals surface area contributed by atoms with Crippen LogP contribution in [0.15, 0.2) is 54.6 Å². The number of likely N-dealkylation sites (tertiary alicyclic amines) is 1. The maximum atomic E-state index is 14.3. The molecule has 2 saturated heterocycles. The van der Waals surface area contributed by atoms with E-state index >= 15 is 0 Å². The number of nitrogens with one attached hydrogen (secondary N) is 1. The van der Waals surface area contributed by atoms with E-state index in [2.05, 4.69) is 5.32 Å². The molecule has 248 valence electrons. The molecular formula is C31H37F2N4O7PS. The Labute approximate surface area is 268 Å². The number of rotatable bonds is 7. The van der Waals surface area contributed by atoms with Crippen molar-refractivity contribution in [3.8, 4) is 0 Å². The lowest BCUT2D eigenvalue weighted by Crippen LogP contribution is -2.58. The van der Waals surface area contributed by atoms with Crippen molar-refractivity contribution in [3.05, 3.63) is 70.6 Å². The van der Waals surface area contributed by atoms with Gasteiger partial charge in [-0.3, -0.25) is 18.9 Å². The Morgan fingerprint density at radius 2 is 1.78 bits per heavy atom. The van der Waals surface area contributed by atoms with Crippen LogP contribution >= 0.6 is 18.9 Å². The maximum absolute atomic E-state index is 14.3. The third kappa shape index (κ3) is 6.87. The maximum Gasteiger partial charge on any atom is 0.399 e. The number of halogens is 2. The van der Waals surface area contributed by atoms with Gasteiger partial charge in [-0.25, -0.2) is 0 Å². The quantitative estimate of drug-likeness (QED) is 0.275. The summed E-state index contributed by atoms with van der Waals surface area (Å²) in [5.74, 6) is -1.34. The van der Waals surface area contributed by atoms with Crippen LogP contribution in [0.5, 0.6) is 0 Å². The number of alkyl halides is 2. The van der Waals surface area contributed by atoms with Crippen LogP contribution in [0.3, 0.4) is 0 Å². The first-order valence-electron chi connectivity index (χ1n) is 14.8. The molecule has 0 saturated carbocycles. The van der Waals surface area contributed by atoms with Gasteiger partial charge in [-0.1, -0.05) is 57.2 Å². The largest absolute Gasteiger partial charge is 0.399 e.